The topological polar surface area (TPSA) is 59.3 Å². The van der Waals surface area contributed by atoms with Crippen molar-refractivity contribution in [1.82, 2.24) is 0 Å². The Bertz CT molecular complexity index is 651. The summed E-state index contributed by atoms with van der Waals surface area (Å²) in [6, 6.07) is 5.39. The number of carbonyl (C=O) groups is 2. The molecule has 0 unspecified atom stereocenters. The van der Waals surface area contributed by atoms with Gasteiger partial charge in [0.05, 0.1) is 10.7 Å². The van der Waals surface area contributed by atoms with E-state index in [1.807, 2.05) is 0 Å². The molecule has 0 saturated heterocycles. The van der Waals surface area contributed by atoms with Crippen LogP contribution in [0.4, 0.5) is 10.1 Å². The molecule has 19 heavy (non-hydrogen) atoms. The van der Waals surface area contributed by atoms with E-state index in [2.05, 4.69) is 5.32 Å². The van der Waals surface area contributed by atoms with E-state index in [9.17, 15) is 14.0 Å². The lowest BCUT2D eigenvalue weighted by Gasteiger charge is -2.09. The monoisotopic (exact) mass is 281 g/mol. The van der Waals surface area contributed by atoms with Gasteiger partial charge in [0, 0.05) is 12.5 Å². The summed E-state index contributed by atoms with van der Waals surface area (Å²) in [5.41, 5.74) is 0.621. The van der Waals surface area contributed by atoms with Crippen LogP contribution in [-0.4, -0.2) is 12.2 Å². The molecule has 98 valence electrons. The molecule has 1 heterocycles. The summed E-state index contributed by atoms with van der Waals surface area (Å²) in [7, 11) is 0. The Morgan fingerprint density at radius 2 is 2.16 bits per heavy atom. The van der Waals surface area contributed by atoms with Crippen LogP contribution in [0.3, 0.4) is 0 Å². The quantitative estimate of drug-likeness (QED) is 0.876. The zero-order chi connectivity index (χ0) is 14.0. The normalized spacial score (nSPS) is 10.3. The molecule has 2 aromatic rings. The predicted octanol–water partition coefficient (Wildman–Crippen LogP) is 3.51. The number of nitrogens with one attached hydrogen (secondary N) is 1. The van der Waals surface area contributed by atoms with E-state index in [0.717, 1.165) is 6.07 Å². The summed E-state index contributed by atoms with van der Waals surface area (Å²) in [4.78, 5) is 21.7. The summed E-state index contributed by atoms with van der Waals surface area (Å²) in [6.45, 7) is 1.32. The molecule has 0 aliphatic carbocycles. The standard InChI is InChI=1S/C13H9ClFNO3/c1-7(18)16-12-5-10(14)11(15)4-9(12)13-3-2-8(6-17)19-13/h2-6H,1H3,(H,16,18). The second-order valence-electron chi connectivity index (χ2n) is 3.81. The molecular weight excluding hydrogens is 273 g/mol. The Morgan fingerprint density at radius 3 is 2.74 bits per heavy atom. The SMILES string of the molecule is CC(=O)Nc1cc(Cl)c(F)cc1-c1ccc(C=O)o1. The van der Waals surface area contributed by atoms with Gasteiger partial charge in [-0.2, -0.15) is 0 Å². The second kappa shape index (κ2) is 5.24. The first-order chi connectivity index (χ1) is 9.01. The Kier molecular flexibility index (Phi) is 3.66. The van der Waals surface area contributed by atoms with Crippen LogP contribution in [0.15, 0.2) is 28.7 Å². The van der Waals surface area contributed by atoms with Crippen molar-refractivity contribution in [1.29, 1.82) is 0 Å². The lowest BCUT2D eigenvalue weighted by Crippen LogP contribution is -2.07. The van der Waals surface area contributed by atoms with Crippen molar-refractivity contribution in [2.24, 2.45) is 0 Å². The highest BCUT2D eigenvalue weighted by molar-refractivity contribution is 6.31. The zero-order valence-electron chi connectivity index (χ0n) is 9.87. The van der Waals surface area contributed by atoms with Gasteiger partial charge in [-0.15, -0.1) is 0 Å². The summed E-state index contributed by atoms with van der Waals surface area (Å²) in [6.07, 6.45) is 0.536. The molecule has 0 aliphatic heterocycles. The molecule has 4 nitrogen and oxygen atoms in total. The van der Waals surface area contributed by atoms with Crippen LogP contribution in [0.1, 0.15) is 17.5 Å². The molecular formula is C13H9ClFNO3. The number of aldehydes is 1. The minimum absolute atomic E-state index is 0.110. The van der Waals surface area contributed by atoms with E-state index < -0.39 is 5.82 Å². The van der Waals surface area contributed by atoms with Gasteiger partial charge in [-0.05, 0) is 24.3 Å². The molecule has 2 rings (SSSR count). The fourth-order valence-corrected chi connectivity index (χ4v) is 1.77. The fourth-order valence-electron chi connectivity index (χ4n) is 1.60. The first-order valence-electron chi connectivity index (χ1n) is 5.33. The van der Waals surface area contributed by atoms with Gasteiger partial charge in [0.1, 0.15) is 11.6 Å². The number of furan rings is 1. The molecule has 1 aromatic carbocycles. The third-order valence-corrected chi connectivity index (χ3v) is 2.67. The zero-order valence-corrected chi connectivity index (χ0v) is 10.6. The number of hydrogen-bond acceptors (Lipinski definition) is 3. The van der Waals surface area contributed by atoms with Crippen LogP contribution < -0.4 is 5.32 Å². The molecule has 0 saturated carbocycles. The lowest BCUT2D eigenvalue weighted by molar-refractivity contribution is -0.114. The minimum Gasteiger partial charge on any atom is -0.453 e. The largest absolute Gasteiger partial charge is 0.453 e. The molecule has 0 atom stereocenters. The number of hydrogen-bond donors (Lipinski definition) is 1. The first-order valence-corrected chi connectivity index (χ1v) is 5.71. The van der Waals surface area contributed by atoms with E-state index in [-0.39, 0.29) is 22.5 Å². The molecule has 0 radical (unpaired) electrons. The fraction of sp³-hybridized carbons (Fsp3) is 0.0769. The van der Waals surface area contributed by atoms with Gasteiger partial charge >= 0.3 is 0 Å². The molecule has 0 bridgehead atoms. The summed E-state index contributed by atoms with van der Waals surface area (Å²) in [5, 5.41) is 2.41. The molecule has 1 N–H and O–H groups in total. The van der Waals surface area contributed by atoms with Crippen molar-refractivity contribution >= 4 is 29.5 Å². The van der Waals surface area contributed by atoms with Gasteiger partial charge < -0.3 is 9.73 Å². The average molecular weight is 282 g/mol. The Balaban J connectivity index is 2.56. The van der Waals surface area contributed by atoms with Gasteiger partial charge in [0.25, 0.3) is 0 Å². The molecule has 1 aromatic heterocycles. The van der Waals surface area contributed by atoms with E-state index in [1.165, 1.54) is 25.1 Å². The number of halogens is 2. The van der Waals surface area contributed by atoms with Crippen LogP contribution in [0.25, 0.3) is 11.3 Å². The molecule has 0 aliphatic rings. The highest BCUT2D eigenvalue weighted by Gasteiger charge is 2.14. The Morgan fingerprint density at radius 1 is 1.42 bits per heavy atom. The Labute approximate surface area is 113 Å². The average Bonchev–Trinajstić information content (AvgIpc) is 2.81. The lowest BCUT2D eigenvalue weighted by atomic mass is 10.1. The number of anilines is 1. The van der Waals surface area contributed by atoms with Crippen molar-refractivity contribution in [3.8, 4) is 11.3 Å². The van der Waals surface area contributed by atoms with Crippen LogP contribution in [0, 0.1) is 5.82 Å². The summed E-state index contributed by atoms with van der Waals surface area (Å²) < 4.78 is 18.7. The predicted molar refractivity (Wildman–Crippen MR) is 68.8 cm³/mol. The third-order valence-electron chi connectivity index (χ3n) is 2.38. The minimum atomic E-state index is -0.644. The number of carbonyl (C=O) groups excluding carboxylic acids is 2. The van der Waals surface area contributed by atoms with Crippen LogP contribution in [-0.2, 0) is 4.79 Å². The van der Waals surface area contributed by atoms with Crippen LogP contribution in [0.2, 0.25) is 5.02 Å². The van der Waals surface area contributed by atoms with Crippen molar-refractivity contribution in [3.63, 3.8) is 0 Å². The van der Waals surface area contributed by atoms with E-state index in [0.29, 0.717) is 17.5 Å². The van der Waals surface area contributed by atoms with Gasteiger partial charge in [0.2, 0.25) is 5.91 Å². The Hall–Kier alpha value is -2.14. The first kappa shape index (κ1) is 13.3. The number of benzene rings is 1. The van der Waals surface area contributed by atoms with Gasteiger partial charge in [-0.3, -0.25) is 9.59 Å². The highest BCUT2D eigenvalue weighted by atomic mass is 35.5. The van der Waals surface area contributed by atoms with Crippen molar-refractivity contribution in [2.75, 3.05) is 5.32 Å². The highest BCUT2D eigenvalue weighted by Crippen LogP contribution is 2.33. The second-order valence-corrected chi connectivity index (χ2v) is 4.22. The maximum atomic E-state index is 13.5. The van der Waals surface area contributed by atoms with Gasteiger partial charge in [-0.25, -0.2) is 4.39 Å². The van der Waals surface area contributed by atoms with E-state index in [1.54, 1.807) is 0 Å². The van der Waals surface area contributed by atoms with Crippen LogP contribution in [0.5, 0.6) is 0 Å². The number of amides is 1. The maximum Gasteiger partial charge on any atom is 0.221 e. The van der Waals surface area contributed by atoms with E-state index in [4.69, 9.17) is 16.0 Å². The van der Waals surface area contributed by atoms with Crippen LogP contribution >= 0.6 is 11.6 Å². The molecule has 0 spiro atoms. The molecule has 6 heteroatoms. The van der Waals surface area contributed by atoms with Gasteiger partial charge in [0.15, 0.2) is 12.0 Å². The van der Waals surface area contributed by atoms with Gasteiger partial charge in [-0.1, -0.05) is 11.6 Å². The molecule has 0 fully saturated rings. The van der Waals surface area contributed by atoms with Crippen molar-refractivity contribution in [2.45, 2.75) is 6.92 Å². The van der Waals surface area contributed by atoms with Crippen molar-refractivity contribution in [3.05, 3.63) is 40.9 Å². The smallest absolute Gasteiger partial charge is 0.221 e. The maximum absolute atomic E-state index is 13.5. The summed E-state index contributed by atoms with van der Waals surface area (Å²) >= 11 is 5.68. The summed E-state index contributed by atoms with van der Waals surface area (Å²) in [5.74, 6) is -0.596. The van der Waals surface area contributed by atoms with E-state index >= 15 is 0 Å². The van der Waals surface area contributed by atoms with Crippen molar-refractivity contribution < 1.29 is 18.4 Å². The molecule has 1 amide bonds. The third kappa shape index (κ3) is 2.82. The number of rotatable bonds is 3.